The van der Waals surface area contributed by atoms with Crippen molar-refractivity contribution in [1.82, 2.24) is 15.1 Å². The van der Waals surface area contributed by atoms with Crippen molar-refractivity contribution in [3.8, 4) is 5.69 Å². The van der Waals surface area contributed by atoms with Gasteiger partial charge in [0, 0.05) is 18.5 Å². The average Bonchev–Trinajstić information content (AvgIpc) is 2.55. The topological polar surface area (TPSA) is 76.0 Å². The number of nitrogens with one attached hydrogen (secondary N) is 2. The van der Waals surface area contributed by atoms with Crippen LogP contribution in [0.1, 0.15) is 20.8 Å². The van der Waals surface area contributed by atoms with Crippen LogP contribution >= 0.6 is 11.6 Å². The zero-order valence-electron chi connectivity index (χ0n) is 14.0. The van der Waals surface area contributed by atoms with E-state index in [9.17, 15) is 9.59 Å². The van der Waals surface area contributed by atoms with E-state index in [0.29, 0.717) is 24.5 Å². The number of nitrogens with zero attached hydrogens (tertiary/aromatic N) is 2. The quantitative estimate of drug-likeness (QED) is 0.814. The molecule has 24 heavy (non-hydrogen) atoms. The third-order valence-electron chi connectivity index (χ3n) is 3.33. The molecule has 2 rings (SSSR count). The minimum absolute atomic E-state index is 0.0342. The lowest BCUT2D eigenvalue weighted by Crippen LogP contribution is -2.37. The van der Waals surface area contributed by atoms with Crippen molar-refractivity contribution in [2.24, 2.45) is 5.41 Å². The van der Waals surface area contributed by atoms with E-state index in [4.69, 9.17) is 11.6 Å². The lowest BCUT2D eigenvalue weighted by Gasteiger charge is -2.18. The minimum atomic E-state index is -0.435. The molecule has 7 heteroatoms. The molecule has 1 heterocycles. The van der Waals surface area contributed by atoms with Crippen molar-refractivity contribution in [1.29, 1.82) is 0 Å². The number of carbonyl (C=O) groups is 1. The molecule has 0 atom stereocenters. The Morgan fingerprint density at radius 2 is 1.88 bits per heavy atom. The summed E-state index contributed by atoms with van der Waals surface area (Å²) in [5, 5.41) is 10.0. The van der Waals surface area contributed by atoms with Crippen LogP contribution in [0.4, 0.5) is 5.69 Å². The van der Waals surface area contributed by atoms with E-state index in [1.54, 1.807) is 12.1 Å². The van der Waals surface area contributed by atoms with Gasteiger partial charge in [-0.15, -0.1) is 0 Å². The van der Waals surface area contributed by atoms with Gasteiger partial charge in [0.1, 0.15) is 5.02 Å². The summed E-state index contributed by atoms with van der Waals surface area (Å²) in [6.45, 7) is 6.41. The van der Waals surface area contributed by atoms with Gasteiger partial charge in [0.25, 0.3) is 5.56 Å². The normalized spacial score (nSPS) is 11.2. The number of halogens is 1. The highest BCUT2D eigenvalue weighted by molar-refractivity contribution is 6.32. The van der Waals surface area contributed by atoms with E-state index in [-0.39, 0.29) is 10.9 Å². The number of para-hydroxylation sites is 1. The van der Waals surface area contributed by atoms with Crippen molar-refractivity contribution in [2.45, 2.75) is 20.8 Å². The number of hydrogen-bond donors (Lipinski definition) is 2. The van der Waals surface area contributed by atoms with E-state index < -0.39 is 11.0 Å². The molecule has 0 unspecified atom stereocenters. The van der Waals surface area contributed by atoms with Gasteiger partial charge in [0.05, 0.1) is 17.6 Å². The van der Waals surface area contributed by atoms with Gasteiger partial charge < -0.3 is 10.6 Å². The Balaban J connectivity index is 2.02. The molecule has 2 N–H and O–H groups in total. The Bertz CT molecular complexity index is 766. The molecule has 1 aromatic carbocycles. The van der Waals surface area contributed by atoms with Crippen molar-refractivity contribution >= 4 is 23.2 Å². The highest BCUT2D eigenvalue weighted by Crippen LogP contribution is 2.16. The van der Waals surface area contributed by atoms with Gasteiger partial charge in [-0.2, -0.15) is 9.78 Å². The van der Waals surface area contributed by atoms with Gasteiger partial charge in [-0.3, -0.25) is 9.59 Å². The molecule has 0 bridgehead atoms. The summed E-state index contributed by atoms with van der Waals surface area (Å²) in [6, 6.07) is 9.06. The molecule has 0 saturated carbocycles. The maximum Gasteiger partial charge on any atom is 0.292 e. The van der Waals surface area contributed by atoms with Crippen LogP contribution < -0.4 is 16.2 Å². The molecule has 0 spiro atoms. The van der Waals surface area contributed by atoms with Crippen molar-refractivity contribution in [3.05, 3.63) is 51.9 Å². The molecule has 0 fully saturated rings. The zero-order chi connectivity index (χ0) is 17.7. The van der Waals surface area contributed by atoms with Gasteiger partial charge in [0.15, 0.2) is 0 Å². The zero-order valence-corrected chi connectivity index (χ0v) is 14.7. The van der Waals surface area contributed by atoms with Crippen LogP contribution in [0, 0.1) is 5.41 Å². The summed E-state index contributed by atoms with van der Waals surface area (Å²) in [6.07, 6.45) is 1.50. The van der Waals surface area contributed by atoms with Crippen molar-refractivity contribution < 1.29 is 4.79 Å². The molecule has 128 valence electrons. The second-order valence-electron chi connectivity index (χ2n) is 6.36. The summed E-state index contributed by atoms with van der Waals surface area (Å²) < 4.78 is 1.24. The number of aromatic nitrogens is 2. The van der Waals surface area contributed by atoms with E-state index in [0.717, 1.165) is 0 Å². The lowest BCUT2D eigenvalue weighted by atomic mass is 9.96. The third kappa shape index (κ3) is 4.35. The maximum absolute atomic E-state index is 12.3. The molecule has 6 nitrogen and oxygen atoms in total. The number of hydrogen-bond acceptors (Lipinski definition) is 4. The molecule has 0 saturated heterocycles. The molecule has 1 aromatic heterocycles. The first-order chi connectivity index (χ1) is 11.3. The summed E-state index contributed by atoms with van der Waals surface area (Å²) in [5.41, 5.74) is 0.258. The number of benzene rings is 1. The summed E-state index contributed by atoms with van der Waals surface area (Å²) >= 11 is 6.14. The minimum Gasteiger partial charge on any atom is -0.381 e. The van der Waals surface area contributed by atoms with Crippen LogP contribution in [0.25, 0.3) is 5.69 Å². The fraction of sp³-hybridized carbons (Fsp3) is 0.353. The average molecular weight is 349 g/mol. The molecule has 1 amide bonds. The molecule has 0 aliphatic heterocycles. The molecule has 0 radical (unpaired) electrons. The number of anilines is 1. The van der Waals surface area contributed by atoms with Crippen molar-refractivity contribution in [3.63, 3.8) is 0 Å². The second kappa shape index (κ2) is 7.49. The number of amides is 1. The van der Waals surface area contributed by atoms with E-state index in [1.165, 1.54) is 10.9 Å². The SMILES string of the molecule is CC(C)(C)C(=O)NCCNc1cnn(-c2ccccc2)c(=O)c1Cl. The predicted molar refractivity (Wildman–Crippen MR) is 95.8 cm³/mol. The Morgan fingerprint density at radius 1 is 1.21 bits per heavy atom. The van der Waals surface area contributed by atoms with Gasteiger partial charge in [-0.1, -0.05) is 50.6 Å². The van der Waals surface area contributed by atoms with Gasteiger partial charge in [-0.05, 0) is 12.1 Å². The Labute approximate surface area is 145 Å². The van der Waals surface area contributed by atoms with Crippen LogP contribution in [0.3, 0.4) is 0 Å². The van der Waals surface area contributed by atoms with Gasteiger partial charge >= 0.3 is 0 Å². The summed E-state index contributed by atoms with van der Waals surface area (Å²) in [5.74, 6) is -0.0342. The summed E-state index contributed by atoms with van der Waals surface area (Å²) in [4.78, 5) is 24.1. The second-order valence-corrected chi connectivity index (χ2v) is 6.74. The maximum atomic E-state index is 12.3. The van der Waals surface area contributed by atoms with Crippen molar-refractivity contribution in [2.75, 3.05) is 18.4 Å². The predicted octanol–water partition coefficient (Wildman–Crippen LogP) is 2.46. The Kier molecular flexibility index (Phi) is 5.62. The smallest absolute Gasteiger partial charge is 0.292 e. The lowest BCUT2D eigenvalue weighted by molar-refractivity contribution is -0.128. The first kappa shape index (κ1) is 18.0. The van der Waals surface area contributed by atoms with Gasteiger partial charge in [0.2, 0.25) is 5.91 Å². The highest BCUT2D eigenvalue weighted by atomic mass is 35.5. The molecule has 2 aromatic rings. The number of carbonyl (C=O) groups excluding carboxylic acids is 1. The molecular formula is C17H21ClN4O2. The summed E-state index contributed by atoms with van der Waals surface area (Å²) in [7, 11) is 0. The van der Waals surface area contributed by atoms with Crippen LogP contribution in [0.15, 0.2) is 41.3 Å². The van der Waals surface area contributed by atoms with Crippen LogP contribution in [0.2, 0.25) is 5.02 Å². The molecule has 0 aliphatic rings. The first-order valence-corrected chi connectivity index (χ1v) is 8.04. The van der Waals surface area contributed by atoms with E-state index >= 15 is 0 Å². The monoisotopic (exact) mass is 348 g/mol. The molecular weight excluding hydrogens is 328 g/mol. The fourth-order valence-corrected chi connectivity index (χ4v) is 2.14. The van der Waals surface area contributed by atoms with Gasteiger partial charge in [-0.25, -0.2) is 0 Å². The van der Waals surface area contributed by atoms with Crippen LogP contribution in [0.5, 0.6) is 0 Å². The molecule has 0 aliphatic carbocycles. The van der Waals surface area contributed by atoms with Crippen LogP contribution in [-0.2, 0) is 4.79 Å². The third-order valence-corrected chi connectivity index (χ3v) is 3.69. The largest absolute Gasteiger partial charge is 0.381 e. The first-order valence-electron chi connectivity index (χ1n) is 7.66. The Hall–Kier alpha value is -2.34. The Morgan fingerprint density at radius 3 is 2.50 bits per heavy atom. The standard InChI is InChI=1S/C17H21ClN4O2/c1-17(2,3)16(24)20-10-9-19-13-11-21-22(15(23)14(13)18)12-7-5-4-6-8-12/h4-8,11,19H,9-10H2,1-3H3,(H,20,24). The van der Waals surface area contributed by atoms with E-state index in [1.807, 2.05) is 39.0 Å². The fourth-order valence-electron chi connectivity index (χ4n) is 1.95. The number of rotatable bonds is 5. The highest BCUT2D eigenvalue weighted by Gasteiger charge is 2.20. The van der Waals surface area contributed by atoms with Crippen LogP contribution in [-0.4, -0.2) is 28.8 Å². The van der Waals surface area contributed by atoms with E-state index in [2.05, 4.69) is 15.7 Å².